The molecule has 19 heavy (non-hydrogen) atoms. The molecule has 2 N–H and O–H groups in total. The third-order valence-electron chi connectivity index (χ3n) is 3.27. The van der Waals surface area contributed by atoms with Crippen LogP contribution in [0.1, 0.15) is 30.2 Å². The lowest BCUT2D eigenvalue weighted by Gasteiger charge is -2.28. The third kappa shape index (κ3) is 4.48. The van der Waals surface area contributed by atoms with Crippen LogP contribution in [0.2, 0.25) is 0 Å². The van der Waals surface area contributed by atoms with Gasteiger partial charge in [0.1, 0.15) is 5.82 Å². The average Bonchev–Trinajstić information content (AvgIpc) is 2.33. The second-order valence-electron chi connectivity index (χ2n) is 5.38. The summed E-state index contributed by atoms with van der Waals surface area (Å²) < 4.78 is 0. The van der Waals surface area contributed by atoms with Crippen LogP contribution in [0.3, 0.4) is 0 Å². The molecule has 0 aliphatic rings. The highest BCUT2D eigenvalue weighted by molar-refractivity contribution is 5.51. The van der Waals surface area contributed by atoms with Crippen LogP contribution in [0.25, 0.3) is 0 Å². The molecule has 0 unspecified atom stereocenters. The van der Waals surface area contributed by atoms with Crippen LogP contribution < -0.4 is 10.6 Å². The van der Waals surface area contributed by atoms with Gasteiger partial charge < -0.3 is 15.5 Å². The van der Waals surface area contributed by atoms with Crippen molar-refractivity contribution < 1.29 is 0 Å². The Morgan fingerprint density at radius 3 is 2.37 bits per heavy atom. The molecular weight excluding hydrogens is 236 g/mol. The number of likely N-dealkylation sites (N-methyl/N-ethyl adjacent to an activating group) is 1. The van der Waals surface area contributed by atoms with Crippen molar-refractivity contribution in [1.29, 1.82) is 0 Å². The van der Waals surface area contributed by atoms with Crippen LogP contribution in [0.5, 0.6) is 0 Å². The summed E-state index contributed by atoms with van der Waals surface area (Å²) in [5, 5.41) is 0. The molecule has 4 heteroatoms. The van der Waals surface area contributed by atoms with Gasteiger partial charge in [-0.15, -0.1) is 0 Å². The summed E-state index contributed by atoms with van der Waals surface area (Å²) in [7, 11) is 4.20. The Morgan fingerprint density at radius 2 is 1.84 bits per heavy atom. The molecule has 0 saturated heterocycles. The molecule has 0 bridgehead atoms. The standard InChI is InChI=1S/C15H28N4/c1-6-7-19(9-8-18(4)5)15-14(11-16)12(2)10-13(3)17-15/h10H,6-9,11,16H2,1-5H3. The lowest BCUT2D eigenvalue weighted by Crippen LogP contribution is -2.34. The van der Waals surface area contributed by atoms with Crippen molar-refractivity contribution >= 4 is 5.82 Å². The van der Waals surface area contributed by atoms with E-state index in [0.717, 1.165) is 37.6 Å². The van der Waals surface area contributed by atoms with Gasteiger partial charge >= 0.3 is 0 Å². The van der Waals surface area contributed by atoms with Gasteiger partial charge in [-0.1, -0.05) is 6.92 Å². The second-order valence-corrected chi connectivity index (χ2v) is 5.38. The largest absolute Gasteiger partial charge is 0.355 e. The van der Waals surface area contributed by atoms with Gasteiger partial charge in [-0.25, -0.2) is 4.98 Å². The van der Waals surface area contributed by atoms with E-state index in [1.807, 2.05) is 6.92 Å². The van der Waals surface area contributed by atoms with Crippen molar-refractivity contribution in [3.8, 4) is 0 Å². The molecule has 0 saturated carbocycles. The van der Waals surface area contributed by atoms with Crippen molar-refractivity contribution in [1.82, 2.24) is 9.88 Å². The van der Waals surface area contributed by atoms with Gasteiger partial charge in [0.25, 0.3) is 0 Å². The topological polar surface area (TPSA) is 45.4 Å². The summed E-state index contributed by atoms with van der Waals surface area (Å²) in [6.45, 7) is 9.96. The quantitative estimate of drug-likeness (QED) is 0.817. The van der Waals surface area contributed by atoms with E-state index in [0.29, 0.717) is 6.54 Å². The fourth-order valence-electron chi connectivity index (χ4n) is 2.27. The lowest BCUT2D eigenvalue weighted by molar-refractivity contribution is 0.412. The highest BCUT2D eigenvalue weighted by Crippen LogP contribution is 2.22. The second kappa shape index (κ2) is 7.46. The van der Waals surface area contributed by atoms with Gasteiger partial charge in [0.15, 0.2) is 0 Å². The van der Waals surface area contributed by atoms with Gasteiger partial charge in [0.05, 0.1) is 0 Å². The monoisotopic (exact) mass is 264 g/mol. The zero-order valence-corrected chi connectivity index (χ0v) is 13.0. The number of hydrogen-bond donors (Lipinski definition) is 1. The van der Waals surface area contributed by atoms with Gasteiger partial charge in [-0.3, -0.25) is 0 Å². The Bertz CT molecular complexity index is 401. The Hall–Kier alpha value is -1.13. The summed E-state index contributed by atoms with van der Waals surface area (Å²) in [6.07, 6.45) is 1.12. The number of aryl methyl sites for hydroxylation is 2. The first-order valence-corrected chi connectivity index (χ1v) is 7.06. The van der Waals surface area contributed by atoms with Gasteiger partial charge in [-0.05, 0) is 46.0 Å². The Kier molecular flexibility index (Phi) is 6.25. The molecule has 0 aromatic carbocycles. The van der Waals surface area contributed by atoms with Gasteiger partial charge in [0, 0.05) is 37.4 Å². The number of nitrogens with two attached hydrogens (primary N) is 1. The Balaban J connectivity index is 3.06. The molecule has 1 heterocycles. The predicted octanol–water partition coefficient (Wildman–Crippen LogP) is 1.94. The fraction of sp³-hybridized carbons (Fsp3) is 0.667. The van der Waals surface area contributed by atoms with E-state index >= 15 is 0 Å². The number of pyridine rings is 1. The van der Waals surface area contributed by atoms with E-state index in [1.54, 1.807) is 0 Å². The molecular formula is C15H28N4. The molecule has 0 aliphatic carbocycles. The molecule has 1 aromatic rings. The maximum atomic E-state index is 5.91. The Labute approximate surface area is 117 Å². The fourth-order valence-corrected chi connectivity index (χ4v) is 2.27. The van der Waals surface area contributed by atoms with E-state index in [9.17, 15) is 0 Å². The summed E-state index contributed by atoms with van der Waals surface area (Å²) >= 11 is 0. The van der Waals surface area contributed by atoms with Crippen molar-refractivity contribution in [2.45, 2.75) is 33.7 Å². The smallest absolute Gasteiger partial charge is 0.133 e. The van der Waals surface area contributed by atoms with Crippen molar-refractivity contribution in [2.24, 2.45) is 5.73 Å². The minimum Gasteiger partial charge on any atom is -0.355 e. The molecule has 0 radical (unpaired) electrons. The number of nitrogens with zero attached hydrogens (tertiary/aromatic N) is 3. The molecule has 0 aliphatic heterocycles. The van der Waals surface area contributed by atoms with E-state index in [2.05, 4.69) is 43.8 Å². The summed E-state index contributed by atoms with van der Waals surface area (Å²) in [4.78, 5) is 9.29. The highest BCUT2D eigenvalue weighted by Gasteiger charge is 2.14. The summed E-state index contributed by atoms with van der Waals surface area (Å²) in [6, 6.07) is 2.11. The molecule has 0 atom stereocenters. The van der Waals surface area contributed by atoms with Crippen LogP contribution in [0, 0.1) is 13.8 Å². The zero-order valence-electron chi connectivity index (χ0n) is 13.0. The first-order valence-electron chi connectivity index (χ1n) is 7.06. The number of anilines is 1. The van der Waals surface area contributed by atoms with Crippen LogP contribution >= 0.6 is 0 Å². The van der Waals surface area contributed by atoms with Crippen LogP contribution in [-0.2, 0) is 6.54 Å². The Morgan fingerprint density at radius 1 is 1.16 bits per heavy atom. The predicted molar refractivity (Wildman–Crippen MR) is 82.7 cm³/mol. The van der Waals surface area contributed by atoms with Crippen LogP contribution in [0.15, 0.2) is 6.07 Å². The molecule has 0 amide bonds. The van der Waals surface area contributed by atoms with Crippen LogP contribution in [0.4, 0.5) is 5.82 Å². The van der Waals surface area contributed by atoms with Crippen molar-refractivity contribution in [3.63, 3.8) is 0 Å². The normalized spacial score (nSPS) is 11.1. The number of hydrogen-bond acceptors (Lipinski definition) is 4. The van der Waals surface area contributed by atoms with Gasteiger partial charge in [0.2, 0.25) is 0 Å². The molecule has 1 aromatic heterocycles. The van der Waals surface area contributed by atoms with Gasteiger partial charge in [-0.2, -0.15) is 0 Å². The SMILES string of the molecule is CCCN(CCN(C)C)c1nc(C)cc(C)c1CN. The average molecular weight is 264 g/mol. The van der Waals surface area contributed by atoms with E-state index in [-0.39, 0.29) is 0 Å². The molecule has 1 rings (SSSR count). The van der Waals surface area contributed by atoms with E-state index in [1.165, 1.54) is 11.1 Å². The first-order chi connectivity index (χ1) is 8.99. The maximum Gasteiger partial charge on any atom is 0.133 e. The summed E-state index contributed by atoms with van der Waals surface area (Å²) in [5.41, 5.74) is 9.40. The van der Waals surface area contributed by atoms with Crippen molar-refractivity contribution in [3.05, 3.63) is 22.9 Å². The molecule has 108 valence electrons. The number of rotatable bonds is 7. The lowest BCUT2D eigenvalue weighted by atomic mass is 10.1. The zero-order chi connectivity index (χ0) is 14.4. The van der Waals surface area contributed by atoms with E-state index < -0.39 is 0 Å². The minimum absolute atomic E-state index is 0.552. The molecule has 0 fully saturated rings. The molecule has 4 nitrogen and oxygen atoms in total. The van der Waals surface area contributed by atoms with E-state index in [4.69, 9.17) is 10.7 Å². The maximum absolute atomic E-state index is 5.91. The number of aromatic nitrogens is 1. The summed E-state index contributed by atoms with van der Waals surface area (Å²) in [5.74, 6) is 1.07. The third-order valence-corrected chi connectivity index (χ3v) is 3.27. The minimum atomic E-state index is 0.552. The molecule has 0 spiro atoms. The van der Waals surface area contributed by atoms with Crippen molar-refractivity contribution in [2.75, 3.05) is 38.6 Å². The first kappa shape index (κ1) is 15.9. The highest BCUT2D eigenvalue weighted by atomic mass is 15.2. The van der Waals surface area contributed by atoms with Crippen LogP contribution in [-0.4, -0.2) is 43.6 Å².